The maximum atomic E-state index is 5.96. The van der Waals surface area contributed by atoms with Gasteiger partial charge in [0.1, 0.15) is 11.5 Å². The smallest absolute Gasteiger partial charge is 0.146 e. The molecular formula is C13H12BrClN2O. The van der Waals surface area contributed by atoms with Crippen LogP contribution >= 0.6 is 27.5 Å². The summed E-state index contributed by atoms with van der Waals surface area (Å²) >= 11 is 9.32. The summed E-state index contributed by atoms with van der Waals surface area (Å²) < 4.78 is 6.66. The highest BCUT2D eigenvalue weighted by Gasteiger charge is 2.06. The summed E-state index contributed by atoms with van der Waals surface area (Å²) in [7, 11) is 0. The Labute approximate surface area is 119 Å². The van der Waals surface area contributed by atoms with Crippen LogP contribution in [0.25, 0.3) is 0 Å². The minimum absolute atomic E-state index is 0.549. The summed E-state index contributed by atoms with van der Waals surface area (Å²) in [5.41, 5.74) is 6.57. The molecule has 0 aliphatic heterocycles. The van der Waals surface area contributed by atoms with E-state index >= 15 is 0 Å². The zero-order chi connectivity index (χ0) is 13.0. The van der Waals surface area contributed by atoms with Crippen molar-refractivity contribution in [2.75, 3.05) is 6.54 Å². The second kappa shape index (κ2) is 6.18. The van der Waals surface area contributed by atoms with Crippen LogP contribution in [0.3, 0.4) is 0 Å². The summed E-state index contributed by atoms with van der Waals surface area (Å²) in [5.74, 6) is 1.43. The minimum atomic E-state index is 0.549. The van der Waals surface area contributed by atoms with E-state index in [1.54, 1.807) is 18.5 Å². The second-order valence-corrected chi connectivity index (χ2v) is 5.08. The fourth-order valence-corrected chi connectivity index (χ4v) is 2.11. The fourth-order valence-electron chi connectivity index (χ4n) is 1.57. The van der Waals surface area contributed by atoms with Crippen molar-refractivity contribution in [3.8, 4) is 11.5 Å². The molecule has 18 heavy (non-hydrogen) atoms. The van der Waals surface area contributed by atoms with Crippen molar-refractivity contribution < 1.29 is 4.74 Å². The minimum Gasteiger partial charge on any atom is -0.455 e. The molecule has 3 nitrogen and oxygen atoms in total. The van der Waals surface area contributed by atoms with Crippen molar-refractivity contribution in [1.29, 1.82) is 0 Å². The molecule has 0 aliphatic carbocycles. The summed E-state index contributed by atoms with van der Waals surface area (Å²) in [5, 5.41) is 0.679. The molecule has 0 radical (unpaired) electrons. The Kier molecular flexibility index (Phi) is 4.58. The number of ether oxygens (including phenoxy) is 1. The van der Waals surface area contributed by atoms with Gasteiger partial charge >= 0.3 is 0 Å². The predicted octanol–water partition coefficient (Wildman–Crippen LogP) is 3.79. The van der Waals surface area contributed by atoms with Crippen LogP contribution in [-0.2, 0) is 6.42 Å². The molecule has 0 aliphatic rings. The number of halogens is 2. The first-order chi connectivity index (χ1) is 8.69. The van der Waals surface area contributed by atoms with E-state index in [0.717, 1.165) is 22.2 Å². The van der Waals surface area contributed by atoms with Gasteiger partial charge in [0, 0.05) is 15.7 Å². The maximum absolute atomic E-state index is 5.96. The molecule has 1 aromatic heterocycles. The molecule has 2 rings (SSSR count). The average molecular weight is 328 g/mol. The third-order valence-corrected chi connectivity index (χ3v) is 3.01. The Hall–Kier alpha value is -1.10. The number of aromatic nitrogens is 1. The van der Waals surface area contributed by atoms with E-state index < -0.39 is 0 Å². The van der Waals surface area contributed by atoms with Crippen LogP contribution in [0, 0.1) is 0 Å². The fraction of sp³-hybridized carbons (Fsp3) is 0.154. The topological polar surface area (TPSA) is 48.1 Å². The maximum Gasteiger partial charge on any atom is 0.146 e. The molecule has 94 valence electrons. The largest absolute Gasteiger partial charge is 0.455 e. The third-order valence-electron chi connectivity index (χ3n) is 2.34. The van der Waals surface area contributed by atoms with Crippen LogP contribution in [0.15, 0.2) is 41.1 Å². The first-order valence-electron chi connectivity index (χ1n) is 5.46. The molecule has 1 heterocycles. The van der Waals surface area contributed by atoms with Crippen LogP contribution in [0.2, 0.25) is 5.02 Å². The summed E-state index contributed by atoms with van der Waals surface area (Å²) in [6.45, 7) is 0.549. The van der Waals surface area contributed by atoms with Gasteiger partial charge < -0.3 is 10.5 Å². The monoisotopic (exact) mass is 326 g/mol. The van der Waals surface area contributed by atoms with Crippen LogP contribution in [0.1, 0.15) is 5.56 Å². The molecule has 0 spiro atoms. The van der Waals surface area contributed by atoms with E-state index in [4.69, 9.17) is 22.1 Å². The molecule has 1 aromatic carbocycles. The molecule has 0 saturated carbocycles. The van der Waals surface area contributed by atoms with Crippen molar-refractivity contribution in [2.45, 2.75) is 6.42 Å². The van der Waals surface area contributed by atoms with Crippen molar-refractivity contribution in [2.24, 2.45) is 5.73 Å². The molecule has 2 N–H and O–H groups in total. The first-order valence-corrected chi connectivity index (χ1v) is 6.63. The molecule has 0 unspecified atom stereocenters. The zero-order valence-corrected chi connectivity index (χ0v) is 11.9. The molecule has 0 bridgehead atoms. The van der Waals surface area contributed by atoms with E-state index in [1.165, 1.54) is 0 Å². The number of nitrogens with zero attached hydrogens (tertiary/aromatic N) is 1. The van der Waals surface area contributed by atoms with Gasteiger partial charge in [-0.2, -0.15) is 0 Å². The van der Waals surface area contributed by atoms with E-state index in [-0.39, 0.29) is 0 Å². The molecule has 2 aromatic rings. The van der Waals surface area contributed by atoms with Gasteiger partial charge in [0.05, 0.1) is 6.20 Å². The lowest BCUT2D eigenvalue weighted by molar-refractivity contribution is 0.473. The average Bonchev–Trinajstić information content (AvgIpc) is 2.33. The van der Waals surface area contributed by atoms with E-state index in [0.29, 0.717) is 17.3 Å². The summed E-state index contributed by atoms with van der Waals surface area (Å²) in [6.07, 6.45) is 4.08. The Morgan fingerprint density at radius 1 is 1.28 bits per heavy atom. The van der Waals surface area contributed by atoms with Crippen molar-refractivity contribution in [3.05, 3.63) is 51.7 Å². The van der Waals surface area contributed by atoms with Gasteiger partial charge in [0.25, 0.3) is 0 Å². The zero-order valence-electron chi connectivity index (χ0n) is 9.57. The van der Waals surface area contributed by atoms with Gasteiger partial charge in [-0.05, 0) is 58.7 Å². The van der Waals surface area contributed by atoms with Gasteiger partial charge in [-0.15, -0.1) is 0 Å². The van der Waals surface area contributed by atoms with E-state index in [1.807, 2.05) is 18.2 Å². The number of rotatable bonds is 4. The Morgan fingerprint density at radius 2 is 2.11 bits per heavy atom. The van der Waals surface area contributed by atoms with Gasteiger partial charge in [-0.25, -0.2) is 0 Å². The SMILES string of the molecule is NCCc1cc(Cl)ccc1Oc1cncc(Br)c1. The summed E-state index contributed by atoms with van der Waals surface area (Å²) in [4.78, 5) is 4.05. The van der Waals surface area contributed by atoms with Crippen molar-refractivity contribution >= 4 is 27.5 Å². The van der Waals surface area contributed by atoms with E-state index in [2.05, 4.69) is 20.9 Å². The highest BCUT2D eigenvalue weighted by Crippen LogP contribution is 2.28. The first kappa shape index (κ1) is 13.3. The van der Waals surface area contributed by atoms with Crippen LogP contribution in [0.5, 0.6) is 11.5 Å². The number of hydrogen-bond acceptors (Lipinski definition) is 3. The van der Waals surface area contributed by atoms with Gasteiger partial charge in [-0.1, -0.05) is 11.6 Å². The molecule has 0 amide bonds. The quantitative estimate of drug-likeness (QED) is 0.929. The normalized spacial score (nSPS) is 10.4. The molecule has 0 atom stereocenters. The number of benzene rings is 1. The highest BCUT2D eigenvalue weighted by molar-refractivity contribution is 9.10. The molecule has 5 heteroatoms. The lowest BCUT2D eigenvalue weighted by Gasteiger charge is -2.11. The molecular weight excluding hydrogens is 316 g/mol. The van der Waals surface area contributed by atoms with Gasteiger partial charge in [0.2, 0.25) is 0 Å². The third kappa shape index (κ3) is 3.45. The van der Waals surface area contributed by atoms with Crippen molar-refractivity contribution in [1.82, 2.24) is 4.98 Å². The van der Waals surface area contributed by atoms with Crippen LogP contribution in [-0.4, -0.2) is 11.5 Å². The molecule has 0 saturated heterocycles. The Morgan fingerprint density at radius 3 is 2.83 bits per heavy atom. The van der Waals surface area contributed by atoms with Crippen molar-refractivity contribution in [3.63, 3.8) is 0 Å². The lowest BCUT2D eigenvalue weighted by Crippen LogP contribution is -2.04. The Bertz CT molecular complexity index is 548. The van der Waals surface area contributed by atoms with Gasteiger partial charge in [0.15, 0.2) is 0 Å². The summed E-state index contributed by atoms with van der Waals surface area (Å²) in [6, 6.07) is 7.36. The predicted molar refractivity (Wildman–Crippen MR) is 76.2 cm³/mol. The Balaban J connectivity index is 2.28. The lowest BCUT2D eigenvalue weighted by atomic mass is 10.1. The number of nitrogens with two attached hydrogens (primary N) is 1. The van der Waals surface area contributed by atoms with Crippen LogP contribution < -0.4 is 10.5 Å². The number of hydrogen-bond donors (Lipinski definition) is 1. The van der Waals surface area contributed by atoms with E-state index in [9.17, 15) is 0 Å². The molecule has 0 fully saturated rings. The highest BCUT2D eigenvalue weighted by atomic mass is 79.9. The van der Waals surface area contributed by atoms with Gasteiger partial charge in [-0.3, -0.25) is 4.98 Å². The van der Waals surface area contributed by atoms with Crippen LogP contribution in [0.4, 0.5) is 0 Å². The number of pyridine rings is 1. The standard InChI is InChI=1S/C13H12BrClN2O/c14-10-6-12(8-17-7-10)18-13-2-1-11(15)5-9(13)3-4-16/h1-2,5-8H,3-4,16H2. The second-order valence-electron chi connectivity index (χ2n) is 3.73.